The second-order valence-electron chi connectivity index (χ2n) is 6.96. The number of aromatic amines is 1. The first kappa shape index (κ1) is 22.6. The minimum absolute atomic E-state index is 0.0423. The van der Waals surface area contributed by atoms with Crippen molar-refractivity contribution in [2.45, 2.75) is 24.7 Å². The van der Waals surface area contributed by atoms with Crippen LogP contribution in [0.2, 0.25) is 0 Å². The fourth-order valence-corrected chi connectivity index (χ4v) is 4.30. The smallest absolute Gasteiger partial charge is 0.338 e. The van der Waals surface area contributed by atoms with E-state index in [0.717, 1.165) is 11.3 Å². The molecule has 1 aromatic heterocycles. The summed E-state index contributed by atoms with van der Waals surface area (Å²) in [6.07, 6.45) is 1.16. The minimum atomic E-state index is -3.74. The van der Waals surface area contributed by atoms with Crippen LogP contribution < -0.4 is 0 Å². The van der Waals surface area contributed by atoms with E-state index < -0.39 is 16.0 Å². The van der Waals surface area contributed by atoms with Crippen LogP contribution >= 0.6 is 0 Å². The average molecular weight is 446 g/mol. The van der Waals surface area contributed by atoms with Gasteiger partial charge >= 0.3 is 5.97 Å². The fraction of sp³-hybridized carbons (Fsp3) is 0.273. The van der Waals surface area contributed by atoms with Crippen LogP contribution in [0.5, 0.6) is 0 Å². The number of aromatic nitrogens is 2. The van der Waals surface area contributed by atoms with Gasteiger partial charge in [-0.25, -0.2) is 21.9 Å². The van der Waals surface area contributed by atoms with Gasteiger partial charge in [-0.3, -0.25) is 5.10 Å². The second-order valence-corrected chi connectivity index (χ2v) is 9.01. The van der Waals surface area contributed by atoms with Gasteiger partial charge in [-0.1, -0.05) is 6.07 Å². The normalized spacial score (nSPS) is 11.6. The van der Waals surface area contributed by atoms with Crippen molar-refractivity contribution in [1.29, 1.82) is 0 Å². The van der Waals surface area contributed by atoms with Crippen LogP contribution in [0.25, 0.3) is 11.3 Å². The zero-order valence-electron chi connectivity index (χ0n) is 17.3. The third-order valence-corrected chi connectivity index (χ3v) is 6.60. The number of halogens is 1. The Bertz CT molecular complexity index is 1140. The Balaban J connectivity index is 1.60. The lowest BCUT2D eigenvalue weighted by Crippen LogP contribution is -2.28. The molecule has 31 heavy (non-hydrogen) atoms. The number of H-pyrrole nitrogens is 1. The molecule has 7 nitrogen and oxygen atoms in total. The summed E-state index contributed by atoms with van der Waals surface area (Å²) < 4.78 is 44.9. The standard InChI is InChI=1S/C22H24FN3O4S/c1-3-30-22(27)17-6-4-8-20(14-17)31(28,29)26(2)13-5-7-19-15-21(25-24-19)16-9-11-18(23)12-10-16/h4,6,8-12,14-15H,3,5,7,13H2,1-2H3,(H,24,25). The lowest BCUT2D eigenvalue weighted by Gasteiger charge is -2.17. The van der Waals surface area contributed by atoms with Crippen molar-refractivity contribution in [2.75, 3.05) is 20.2 Å². The van der Waals surface area contributed by atoms with Crippen molar-refractivity contribution < 1.29 is 22.3 Å². The van der Waals surface area contributed by atoms with Gasteiger partial charge in [0.05, 0.1) is 22.8 Å². The van der Waals surface area contributed by atoms with Crippen LogP contribution in [0.15, 0.2) is 59.5 Å². The summed E-state index contributed by atoms with van der Waals surface area (Å²) in [7, 11) is -2.24. The molecular weight excluding hydrogens is 421 g/mol. The molecule has 0 bridgehead atoms. The molecule has 0 radical (unpaired) electrons. The number of aryl methyl sites for hydroxylation is 1. The molecule has 0 aliphatic carbocycles. The highest BCUT2D eigenvalue weighted by Gasteiger charge is 2.22. The molecule has 0 saturated heterocycles. The molecule has 0 amide bonds. The van der Waals surface area contributed by atoms with E-state index in [1.807, 2.05) is 6.07 Å². The Labute approximate surface area is 180 Å². The molecule has 0 saturated carbocycles. The predicted octanol–water partition coefficient (Wildman–Crippen LogP) is 3.65. The van der Waals surface area contributed by atoms with Gasteiger partial charge in [0.15, 0.2) is 0 Å². The highest BCUT2D eigenvalue weighted by molar-refractivity contribution is 7.89. The average Bonchev–Trinajstić information content (AvgIpc) is 3.23. The van der Waals surface area contributed by atoms with Crippen molar-refractivity contribution in [2.24, 2.45) is 0 Å². The quantitative estimate of drug-likeness (QED) is 0.508. The van der Waals surface area contributed by atoms with Gasteiger partial charge in [0.25, 0.3) is 0 Å². The molecule has 3 aromatic rings. The second kappa shape index (κ2) is 9.84. The van der Waals surface area contributed by atoms with Crippen molar-refractivity contribution in [3.63, 3.8) is 0 Å². The van der Waals surface area contributed by atoms with Gasteiger partial charge < -0.3 is 4.74 Å². The van der Waals surface area contributed by atoms with E-state index in [1.165, 1.54) is 47.8 Å². The molecule has 164 valence electrons. The first-order valence-corrected chi connectivity index (χ1v) is 11.3. The summed E-state index contributed by atoms with van der Waals surface area (Å²) in [6.45, 7) is 2.19. The summed E-state index contributed by atoms with van der Waals surface area (Å²) >= 11 is 0. The Morgan fingerprint density at radius 2 is 1.90 bits per heavy atom. The van der Waals surface area contributed by atoms with E-state index in [4.69, 9.17) is 4.74 Å². The summed E-state index contributed by atoms with van der Waals surface area (Å²) in [5.74, 6) is -0.866. The number of nitrogens with one attached hydrogen (secondary N) is 1. The Morgan fingerprint density at radius 3 is 2.61 bits per heavy atom. The maximum atomic E-state index is 13.1. The van der Waals surface area contributed by atoms with E-state index in [1.54, 1.807) is 19.1 Å². The fourth-order valence-electron chi connectivity index (χ4n) is 3.05. The van der Waals surface area contributed by atoms with Crippen LogP contribution in [0.3, 0.4) is 0 Å². The maximum Gasteiger partial charge on any atom is 0.338 e. The first-order chi connectivity index (χ1) is 14.8. The molecular formula is C22H24FN3O4S. The monoisotopic (exact) mass is 445 g/mol. The van der Waals surface area contributed by atoms with Crippen LogP contribution in [0, 0.1) is 5.82 Å². The number of nitrogens with zero attached hydrogens (tertiary/aromatic N) is 2. The van der Waals surface area contributed by atoms with Crippen LogP contribution in [0.4, 0.5) is 4.39 Å². The minimum Gasteiger partial charge on any atom is -0.462 e. The number of carbonyl (C=O) groups excluding carboxylic acids is 1. The highest BCUT2D eigenvalue weighted by atomic mass is 32.2. The number of hydrogen-bond donors (Lipinski definition) is 1. The molecule has 1 N–H and O–H groups in total. The highest BCUT2D eigenvalue weighted by Crippen LogP contribution is 2.20. The third-order valence-electron chi connectivity index (χ3n) is 4.74. The number of hydrogen-bond acceptors (Lipinski definition) is 5. The van der Waals surface area contributed by atoms with E-state index >= 15 is 0 Å². The number of carbonyl (C=O) groups is 1. The molecule has 3 rings (SSSR count). The van der Waals surface area contributed by atoms with Gasteiger partial charge in [-0.05, 0) is 68.3 Å². The van der Waals surface area contributed by atoms with Gasteiger partial charge in [-0.2, -0.15) is 5.10 Å². The van der Waals surface area contributed by atoms with Gasteiger partial charge in [0.1, 0.15) is 5.82 Å². The lowest BCUT2D eigenvalue weighted by molar-refractivity contribution is 0.0526. The molecule has 0 aliphatic rings. The number of ether oxygens (including phenoxy) is 1. The topological polar surface area (TPSA) is 92.4 Å². The summed E-state index contributed by atoms with van der Waals surface area (Å²) in [5, 5.41) is 7.16. The molecule has 0 fully saturated rings. The molecule has 2 aromatic carbocycles. The molecule has 0 aliphatic heterocycles. The van der Waals surface area contributed by atoms with Gasteiger partial charge in [0.2, 0.25) is 10.0 Å². The Morgan fingerprint density at radius 1 is 1.16 bits per heavy atom. The lowest BCUT2D eigenvalue weighted by atomic mass is 10.1. The first-order valence-electron chi connectivity index (χ1n) is 9.85. The van der Waals surface area contributed by atoms with Crippen molar-refractivity contribution in [3.05, 3.63) is 71.7 Å². The summed E-state index contributed by atoms with van der Waals surface area (Å²) in [4.78, 5) is 11.9. The number of sulfonamides is 1. The Kier molecular flexibility index (Phi) is 7.19. The van der Waals surface area contributed by atoms with E-state index in [-0.39, 0.29) is 29.4 Å². The Hall–Kier alpha value is -3.04. The van der Waals surface area contributed by atoms with Crippen molar-refractivity contribution in [1.82, 2.24) is 14.5 Å². The zero-order chi connectivity index (χ0) is 22.4. The molecule has 0 atom stereocenters. The number of benzene rings is 2. The molecule has 1 heterocycles. The third kappa shape index (κ3) is 5.56. The largest absolute Gasteiger partial charge is 0.462 e. The van der Waals surface area contributed by atoms with Crippen LogP contribution in [0.1, 0.15) is 29.4 Å². The maximum absolute atomic E-state index is 13.1. The molecule has 9 heteroatoms. The van der Waals surface area contributed by atoms with E-state index in [9.17, 15) is 17.6 Å². The molecule has 0 spiro atoms. The predicted molar refractivity (Wildman–Crippen MR) is 115 cm³/mol. The van der Waals surface area contributed by atoms with Crippen molar-refractivity contribution >= 4 is 16.0 Å². The van der Waals surface area contributed by atoms with Crippen LogP contribution in [-0.4, -0.2) is 49.1 Å². The van der Waals surface area contributed by atoms with E-state index in [0.29, 0.717) is 18.5 Å². The zero-order valence-corrected chi connectivity index (χ0v) is 18.2. The van der Waals surface area contributed by atoms with E-state index in [2.05, 4.69) is 10.2 Å². The summed E-state index contributed by atoms with van der Waals surface area (Å²) in [5.41, 5.74) is 2.55. The number of rotatable bonds is 9. The van der Waals surface area contributed by atoms with Gasteiger partial charge in [-0.15, -0.1) is 0 Å². The molecule has 0 unspecified atom stereocenters. The van der Waals surface area contributed by atoms with Crippen LogP contribution in [-0.2, 0) is 21.2 Å². The summed E-state index contributed by atoms with van der Waals surface area (Å²) in [6, 6.07) is 13.8. The number of esters is 1. The van der Waals surface area contributed by atoms with Crippen molar-refractivity contribution in [3.8, 4) is 11.3 Å². The SMILES string of the molecule is CCOC(=O)c1cccc(S(=O)(=O)N(C)CCCc2cc(-c3ccc(F)cc3)n[nH]2)c1. The van der Waals surface area contributed by atoms with Gasteiger partial charge in [0, 0.05) is 24.8 Å².